The highest BCUT2D eigenvalue weighted by Gasteiger charge is 2.21. The van der Waals surface area contributed by atoms with Crippen molar-refractivity contribution in [1.29, 1.82) is 0 Å². The molecule has 1 aromatic rings. The minimum Gasteiger partial charge on any atom is -0.497 e. The molecule has 1 fully saturated rings. The van der Waals surface area contributed by atoms with Crippen LogP contribution in [0.4, 0.5) is 10.5 Å². The zero-order valence-corrected chi connectivity index (χ0v) is 12.0. The molecule has 0 spiro atoms. The molecule has 0 radical (unpaired) electrons. The summed E-state index contributed by atoms with van der Waals surface area (Å²) < 4.78 is 5.14. The van der Waals surface area contributed by atoms with Crippen LogP contribution in [0.15, 0.2) is 24.3 Å². The Hall–Kier alpha value is -2.44. The number of ether oxygens (including phenoxy) is 1. The number of nitrogens with two attached hydrogens (primary N) is 1. The van der Waals surface area contributed by atoms with Crippen LogP contribution < -0.4 is 20.7 Å². The Bertz CT molecular complexity index is 495. The number of piperazine rings is 1. The molecule has 3 N–H and O–H groups in total. The van der Waals surface area contributed by atoms with Gasteiger partial charge in [-0.3, -0.25) is 4.79 Å². The normalized spacial score (nSPS) is 14.7. The van der Waals surface area contributed by atoms with Crippen LogP contribution in [0.2, 0.25) is 0 Å². The number of hydrogen-bond acceptors (Lipinski definition) is 4. The molecule has 1 aliphatic heterocycles. The van der Waals surface area contributed by atoms with E-state index >= 15 is 0 Å². The van der Waals surface area contributed by atoms with E-state index in [0.717, 1.165) is 24.5 Å². The number of amides is 3. The molecule has 7 heteroatoms. The molecule has 0 aliphatic carbocycles. The van der Waals surface area contributed by atoms with Crippen LogP contribution in [0.5, 0.6) is 5.75 Å². The van der Waals surface area contributed by atoms with Gasteiger partial charge in [-0.2, -0.15) is 0 Å². The lowest BCUT2D eigenvalue weighted by atomic mass is 10.2. The Kier molecular flexibility index (Phi) is 4.86. The topological polar surface area (TPSA) is 87.9 Å². The highest BCUT2D eigenvalue weighted by Crippen LogP contribution is 2.20. The molecular formula is C14H20N4O3. The summed E-state index contributed by atoms with van der Waals surface area (Å²) in [6, 6.07) is 7.17. The molecule has 0 atom stereocenters. The van der Waals surface area contributed by atoms with E-state index in [-0.39, 0.29) is 12.5 Å². The van der Waals surface area contributed by atoms with Gasteiger partial charge >= 0.3 is 6.03 Å². The van der Waals surface area contributed by atoms with Crippen molar-refractivity contribution in [3.05, 3.63) is 24.3 Å². The molecule has 0 unspecified atom stereocenters. The maximum Gasteiger partial charge on any atom is 0.312 e. The fourth-order valence-corrected chi connectivity index (χ4v) is 2.28. The first-order chi connectivity index (χ1) is 10.1. The van der Waals surface area contributed by atoms with Gasteiger partial charge in [-0.1, -0.05) is 0 Å². The SMILES string of the molecule is COc1ccc(N2CCN(C(=O)CNC(N)=O)CC2)cc1. The Labute approximate surface area is 123 Å². The second kappa shape index (κ2) is 6.83. The summed E-state index contributed by atoms with van der Waals surface area (Å²) in [6.07, 6.45) is 0. The number of anilines is 1. The lowest BCUT2D eigenvalue weighted by Crippen LogP contribution is -2.51. The minimum absolute atomic E-state index is 0.0438. The molecule has 1 heterocycles. The first-order valence-corrected chi connectivity index (χ1v) is 6.80. The van der Waals surface area contributed by atoms with Gasteiger partial charge in [0.1, 0.15) is 5.75 Å². The van der Waals surface area contributed by atoms with Crippen LogP contribution in [0.1, 0.15) is 0 Å². The van der Waals surface area contributed by atoms with E-state index in [2.05, 4.69) is 10.2 Å². The van der Waals surface area contributed by atoms with Crippen LogP contribution in [0.25, 0.3) is 0 Å². The molecule has 1 aliphatic rings. The lowest BCUT2D eigenvalue weighted by Gasteiger charge is -2.36. The van der Waals surface area contributed by atoms with Crippen molar-refractivity contribution in [2.75, 3.05) is 44.7 Å². The standard InChI is InChI=1S/C14H20N4O3/c1-21-12-4-2-11(3-5-12)17-6-8-18(9-7-17)13(19)10-16-14(15)20/h2-5H,6-10H2,1H3,(H3,15,16,20). The lowest BCUT2D eigenvalue weighted by molar-refractivity contribution is -0.130. The summed E-state index contributed by atoms with van der Waals surface area (Å²) in [5, 5.41) is 2.32. The van der Waals surface area contributed by atoms with Gasteiger partial charge in [0.15, 0.2) is 0 Å². The minimum atomic E-state index is -0.680. The van der Waals surface area contributed by atoms with Gasteiger partial charge in [0.2, 0.25) is 5.91 Å². The van der Waals surface area contributed by atoms with Crippen molar-refractivity contribution in [1.82, 2.24) is 10.2 Å². The van der Waals surface area contributed by atoms with Crippen molar-refractivity contribution in [2.24, 2.45) is 5.73 Å². The Morgan fingerprint density at radius 3 is 2.33 bits per heavy atom. The van der Waals surface area contributed by atoms with Gasteiger partial charge in [0, 0.05) is 31.9 Å². The molecular weight excluding hydrogens is 272 g/mol. The van der Waals surface area contributed by atoms with Crippen molar-refractivity contribution < 1.29 is 14.3 Å². The first-order valence-electron chi connectivity index (χ1n) is 6.80. The van der Waals surface area contributed by atoms with E-state index in [4.69, 9.17) is 10.5 Å². The number of nitrogens with zero attached hydrogens (tertiary/aromatic N) is 2. The van der Waals surface area contributed by atoms with Crippen LogP contribution in [-0.4, -0.2) is 56.7 Å². The quantitative estimate of drug-likeness (QED) is 0.818. The van der Waals surface area contributed by atoms with E-state index in [1.807, 2.05) is 24.3 Å². The van der Waals surface area contributed by atoms with Gasteiger partial charge in [-0.05, 0) is 24.3 Å². The molecule has 7 nitrogen and oxygen atoms in total. The van der Waals surface area contributed by atoms with Crippen molar-refractivity contribution in [2.45, 2.75) is 0 Å². The van der Waals surface area contributed by atoms with Crippen LogP contribution in [0.3, 0.4) is 0 Å². The second-order valence-corrected chi connectivity index (χ2v) is 4.78. The number of nitrogens with one attached hydrogen (secondary N) is 1. The fourth-order valence-electron chi connectivity index (χ4n) is 2.28. The highest BCUT2D eigenvalue weighted by molar-refractivity contribution is 5.83. The first kappa shape index (κ1) is 15.0. The van der Waals surface area contributed by atoms with Gasteiger partial charge in [-0.25, -0.2) is 4.79 Å². The highest BCUT2D eigenvalue weighted by atomic mass is 16.5. The van der Waals surface area contributed by atoms with E-state index in [9.17, 15) is 9.59 Å². The number of carbonyl (C=O) groups is 2. The zero-order chi connectivity index (χ0) is 15.2. The molecule has 21 heavy (non-hydrogen) atoms. The van der Waals surface area contributed by atoms with E-state index in [0.29, 0.717) is 13.1 Å². The fraction of sp³-hybridized carbons (Fsp3) is 0.429. The Balaban J connectivity index is 1.84. The smallest absolute Gasteiger partial charge is 0.312 e. The van der Waals surface area contributed by atoms with E-state index in [1.165, 1.54) is 0 Å². The molecule has 1 aromatic carbocycles. The Morgan fingerprint density at radius 2 is 1.81 bits per heavy atom. The predicted molar refractivity (Wildman–Crippen MR) is 79.4 cm³/mol. The van der Waals surface area contributed by atoms with E-state index < -0.39 is 6.03 Å². The summed E-state index contributed by atoms with van der Waals surface area (Å²) in [7, 11) is 1.64. The predicted octanol–water partition coefficient (Wildman–Crippen LogP) is 0.0121. The maximum absolute atomic E-state index is 11.8. The largest absolute Gasteiger partial charge is 0.497 e. The zero-order valence-electron chi connectivity index (χ0n) is 12.0. The van der Waals surface area contributed by atoms with Crippen LogP contribution in [-0.2, 0) is 4.79 Å². The third-order valence-electron chi connectivity index (χ3n) is 3.48. The monoisotopic (exact) mass is 292 g/mol. The summed E-state index contributed by atoms with van der Waals surface area (Å²) in [5.74, 6) is 0.716. The molecule has 114 valence electrons. The van der Waals surface area contributed by atoms with Gasteiger partial charge in [0.25, 0.3) is 0 Å². The number of rotatable bonds is 4. The van der Waals surface area contributed by atoms with Crippen LogP contribution in [0, 0.1) is 0 Å². The van der Waals surface area contributed by atoms with Gasteiger partial charge in [-0.15, -0.1) is 0 Å². The average Bonchev–Trinajstić information content (AvgIpc) is 2.53. The summed E-state index contributed by atoms with van der Waals surface area (Å²) >= 11 is 0. The van der Waals surface area contributed by atoms with Crippen molar-refractivity contribution in [3.8, 4) is 5.75 Å². The Morgan fingerprint density at radius 1 is 1.19 bits per heavy atom. The third kappa shape index (κ3) is 4.01. The van der Waals surface area contributed by atoms with Crippen molar-refractivity contribution in [3.63, 3.8) is 0 Å². The number of hydrogen-bond donors (Lipinski definition) is 2. The third-order valence-corrected chi connectivity index (χ3v) is 3.48. The van der Waals surface area contributed by atoms with Crippen molar-refractivity contribution >= 4 is 17.6 Å². The summed E-state index contributed by atoms with van der Waals surface area (Å²) in [5.41, 5.74) is 6.06. The summed E-state index contributed by atoms with van der Waals surface area (Å²) in [6.45, 7) is 2.73. The maximum atomic E-state index is 11.8. The molecule has 0 aromatic heterocycles. The molecule has 3 amide bonds. The molecule has 0 bridgehead atoms. The van der Waals surface area contributed by atoms with Gasteiger partial charge < -0.3 is 25.6 Å². The number of carbonyl (C=O) groups excluding carboxylic acids is 2. The number of methoxy groups -OCH3 is 1. The second-order valence-electron chi connectivity index (χ2n) is 4.78. The van der Waals surface area contributed by atoms with Crippen LogP contribution >= 0.6 is 0 Å². The number of urea groups is 1. The van der Waals surface area contributed by atoms with Gasteiger partial charge in [0.05, 0.1) is 13.7 Å². The number of primary amides is 1. The molecule has 2 rings (SSSR count). The number of benzene rings is 1. The van der Waals surface area contributed by atoms with E-state index in [1.54, 1.807) is 12.0 Å². The summed E-state index contributed by atoms with van der Waals surface area (Å²) in [4.78, 5) is 26.4. The molecule has 1 saturated heterocycles. The molecule has 0 saturated carbocycles. The average molecular weight is 292 g/mol.